The minimum Gasteiger partial charge on any atom is -0.444 e. The molecule has 18 heavy (non-hydrogen) atoms. The molecule has 1 N–H and O–H groups in total. The van der Waals surface area contributed by atoms with Gasteiger partial charge in [-0.15, -0.1) is 11.6 Å². The Bertz CT molecular complexity index is 455. The molecule has 5 nitrogen and oxygen atoms in total. The summed E-state index contributed by atoms with van der Waals surface area (Å²) in [7, 11) is 0. The van der Waals surface area contributed by atoms with E-state index in [1.54, 1.807) is 20.8 Å². The van der Waals surface area contributed by atoms with Gasteiger partial charge in [0.25, 0.3) is 0 Å². The van der Waals surface area contributed by atoms with Gasteiger partial charge < -0.3 is 4.74 Å². The lowest BCUT2D eigenvalue weighted by atomic mass is 10.2. The molecule has 0 radical (unpaired) electrons. The van der Waals surface area contributed by atoms with Crippen molar-refractivity contribution in [3.8, 4) is 0 Å². The Morgan fingerprint density at radius 1 is 1.56 bits per heavy atom. The maximum atomic E-state index is 11.6. The lowest BCUT2D eigenvalue weighted by Gasteiger charge is -2.20. The van der Waals surface area contributed by atoms with Crippen LogP contribution in [0, 0.1) is 0 Å². The minimum absolute atomic E-state index is 0.0901. The van der Waals surface area contributed by atoms with Crippen LogP contribution in [-0.2, 0) is 10.6 Å². The average molecular weight is 271 g/mol. The van der Waals surface area contributed by atoms with Gasteiger partial charge in [0.15, 0.2) is 6.29 Å². The van der Waals surface area contributed by atoms with Crippen LogP contribution in [0.1, 0.15) is 36.8 Å². The van der Waals surface area contributed by atoms with Crippen LogP contribution < -0.4 is 5.32 Å². The molecule has 0 aromatic carbocycles. The van der Waals surface area contributed by atoms with E-state index in [-0.39, 0.29) is 11.6 Å². The molecule has 98 valence electrons. The molecule has 0 saturated carbocycles. The van der Waals surface area contributed by atoms with Gasteiger partial charge in [-0.05, 0) is 26.8 Å². The van der Waals surface area contributed by atoms with Crippen molar-refractivity contribution in [3.05, 3.63) is 23.5 Å². The maximum Gasteiger partial charge on any atom is 0.412 e. The smallest absolute Gasteiger partial charge is 0.412 e. The molecule has 0 spiro atoms. The Labute approximate surface area is 110 Å². The first-order chi connectivity index (χ1) is 8.37. The van der Waals surface area contributed by atoms with Crippen molar-refractivity contribution in [2.75, 3.05) is 5.32 Å². The number of nitrogens with zero attached hydrogens (tertiary/aromatic N) is 1. The number of aldehydes is 1. The highest BCUT2D eigenvalue weighted by atomic mass is 35.5. The molecule has 1 heterocycles. The summed E-state index contributed by atoms with van der Waals surface area (Å²) in [6.45, 7) is 5.25. The van der Waals surface area contributed by atoms with Crippen molar-refractivity contribution >= 4 is 29.7 Å². The first-order valence-electron chi connectivity index (χ1n) is 5.36. The SMILES string of the molecule is CC(C)(C)OC(=O)Nc1c(C=O)ccnc1CCl. The van der Waals surface area contributed by atoms with E-state index in [1.807, 2.05) is 0 Å². The third-order valence-corrected chi connectivity index (χ3v) is 2.19. The molecule has 0 aliphatic carbocycles. The maximum absolute atomic E-state index is 11.6. The summed E-state index contributed by atoms with van der Waals surface area (Å²) in [5.41, 5.74) is 0.407. The molecule has 1 aromatic heterocycles. The zero-order chi connectivity index (χ0) is 13.8. The van der Waals surface area contributed by atoms with E-state index in [1.165, 1.54) is 12.3 Å². The van der Waals surface area contributed by atoms with Crippen molar-refractivity contribution < 1.29 is 14.3 Å². The number of carbonyl (C=O) groups is 2. The second-order valence-corrected chi connectivity index (χ2v) is 4.87. The number of aromatic nitrogens is 1. The molecule has 0 unspecified atom stereocenters. The largest absolute Gasteiger partial charge is 0.444 e. The number of halogens is 1. The van der Waals surface area contributed by atoms with Gasteiger partial charge in [-0.2, -0.15) is 0 Å². The van der Waals surface area contributed by atoms with Crippen LogP contribution in [0.5, 0.6) is 0 Å². The number of anilines is 1. The van der Waals surface area contributed by atoms with Gasteiger partial charge in [0.1, 0.15) is 5.60 Å². The highest BCUT2D eigenvalue weighted by Gasteiger charge is 2.18. The first kappa shape index (κ1) is 14.4. The Balaban J connectivity index is 2.95. The number of nitrogens with one attached hydrogen (secondary N) is 1. The topological polar surface area (TPSA) is 68.3 Å². The average Bonchev–Trinajstić information content (AvgIpc) is 2.26. The standard InChI is InChI=1S/C12H15ClN2O3/c1-12(2,3)18-11(17)15-10-8(7-16)4-5-14-9(10)6-13/h4-5,7H,6H2,1-3H3,(H,15,17). The fraction of sp³-hybridized carbons (Fsp3) is 0.417. The van der Waals surface area contributed by atoms with Crippen LogP contribution >= 0.6 is 11.6 Å². The second kappa shape index (κ2) is 5.82. The van der Waals surface area contributed by atoms with Gasteiger partial charge in [-0.3, -0.25) is 15.1 Å². The van der Waals surface area contributed by atoms with Crippen molar-refractivity contribution in [2.45, 2.75) is 32.3 Å². The lowest BCUT2D eigenvalue weighted by Crippen LogP contribution is -2.28. The molecule has 1 amide bonds. The van der Waals surface area contributed by atoms with Gasteiger partial charge in [0.2, 0.25) is 0 Å². The second-order valence-electron chi connectivity index (χ2n) is 4.60. The third-order valence-electron chi connectivity index (χ3n) is 1.94. The third kappa shape index (κ3) is 4.00. The van der Waals surface area contributed by atoms with E-state index >= 15 is 0 Å². The fourth-order valence-corrected chi connectivity index (χ4v) is 1.47. The summed E-state index contributed by atoms with van der Waals surface area (Å²) >= 11 is 5.71. The number of ether oxygens (including phenoxy) is 1. The molecule has 0 atom stereocenters. The number of alkyl halides is 1. The summed E-state index contributed by atoms with van der Waals surface area (Å²) in [5.74, 6) is 0.0901. The summed E-state index contributed by atoms with van der Waals surface area (Å²) in [5, 5.41) is 2.50. The predicted octanol–water partition coefficient (Wildman–Crippen LogP) is 2.98. The molecule has 0 aliphatic rings. The Hall–Kier alpha value is -1.62. The van der Waals surface area contributed by atoms with E-state index in [2.05, 4.69) is 10.3 Å². The van der Waals surface area contributed by atoms with Gasteiger partial charge in [-0.25, -0.2) is 4.79 Å². The van der Waals surface area contributed by atoms with Crippen molar-refractivity contribution in [3.63, 3.8) is 0 Å². The van der Waals surface area contributed by atoms with Crippen molar-refractivity contribution in [1.29, 1.82) is 0 Å². The Morgan fingerprint density at radius 3 is 2.72 bits per heavy atom. The fourth-order valence-electron chi connectivity index (χ4n) is 1.27. The lowest BCUT2D eigenvalue weighted by molar-refractivity contribution is 0.0635. The number of rotatable bonds is 3. The Morgan fingerprint density at radius 2 is 2.22 bits per heavy atom. The number of carbonyl (C=O) groups excluding carboxylic acids is 2. The molecular weight excluding hydrogens is 256 g/mol. The minimum atomic E-state index is -0.648. The van der Waals surface area contributed by atoms with E-state index in [4.69, 9.17) is 16.3 Å². The van der Waals surface area contributed by atoms with Crippen LogP contribution in [0.25, 0.3) is 0 Å². The van der Waals surface area contributed by atoms with Gasteiger partial charge in [0, 0.05) is 11.8 Å². The van der Waals surface area contributed by atoms with E-state index < -0.39 is 11.7 Å². The van der Waals surface area contributed by atoms with E-state index in [0.29, 0.717) is 17.5 Å². The first-order valence-corrected chi connectivity index (χ1v) is 5.90. The summed E-state index contributed by atoms with van der Waals surface area (Å²) in [6.07, 6.45) is 1.44. The molecule has 1 rings (SSSR count). The quantitative estimate of drug-likeness (QED) is 0.677. The number of amides is 1. The highest BCUT2D eigenvalue weighted by Crippen LogP contribution is 2.20. The van der Waals surface area contributed by atoms with Gasteiger partial charge >= 0.3 is 6.09 Å². The van der Waals surface area contributed by atoms with Crippen molar-refractivity contribution in [2.24, 2.45) is 0 Å². The normalized spacial score (nSPS) is 10.9. The summed E-state index contributed by atoms with van der Waals surface area (Å²) < 4.78 is 5.10. The van der Waals surface area contributed by atoms with Crippen LogP contribution in [0.2, 0.25) is 0 Å². The van der Waals surface area contributed by atoms with Crippen LogP contribution in [0.4, 0.5) is 10.5 Å². The van der Waals surface area contributed by atoms with Crippen LogP contribution in [-0.4, -0.2) is 23.0 Å². The van der Waals surface area contributed by atoms with Gasteiger partial charge in [0.05, 0.1) is 17.3 Å². The molecular formula is C12H15ClN2O3. The monoisotopic (exact) mass is 270 g/mol. The van der Waals surface area contributed by atoms with Gasteiger partial charge in [-0.1, -0.05) is 0 Å². The summed E-state index contributed by atoms with van der Waals surface area (Å²) in [4.78, 5) is 26.5. The molecule has 0 bridgehead atoms. The zero-order valence-electron chi connectivity index (χ0n) is 10.5. The van der Waals surface area contributed by atoms with Crippen LogP contribution in [0.3, 0.4) is 0 Å². The van der Waals surface area contributed by atoms with E-state index in [0.717, 1.165) is 0 Å². The number of hydrogen-bond acceptors (Lipinski definition) is 4. The number of hydrogen-bond donors (Lipinski definition) is 1. The zero-order valence-corrected chi connectivity index (χ0v) is 11.2. The molecule has 6 heteroatoms. The molecule has 1 aromatic rings. The van der Waals surface area contributed by atoms with Crippen LogP contribution in [0.15, 0.2) is 12.3 Å². The number of pyridine rings is 1. The molecule has 0 aliphatic heterocycles. The van der Waals surface area contributed by atoms with Crippen molar-refractivity contribution in [1.82, 2.24) is 4.98 Å². The summed E-state index contributed by atoms with van der Waals surface area (Å²) in [6, 6.07) is 1.50. The molecule has 0 fully saturated rings. The molecule has 0 saturated heterocycles. The predicted molar refractivity (Wildman–Crippen MR) is 69.0 cm³/mol. The highest BCUT2D eigenvalue weighted by molar-refractivity contribution is 6.17. The Kier molecular flexibility index (Phi) is 4.67. The van der Waals surface area contributed by atoms with E-state index in [9.17, 15) is 9.59 Å².